The van der Waals surface area contributed by atoms with E-state index in [0.717, 1.165) is 11.1 Å². The van der Waals surface area contributed by atoms with Crippen LogP contribution in [-0.4, -0.2) is 28.7 Å². The van der Waals surface area contributed by atoms with E-state index in [1.165, 1.54) is 12.4 Å². The molecule has 0 spiro atoms. The molecule has 0 aliphatic carbocycles. The normalized spacial score (nSPS) is 11.2. The Morgan fingerprint density at radius 3 is 2.45 bits per heavy atom. The summed E-state index contributed by atoms with van der Waals surface area (Å²) in [7, 11) is 0. The zero-order chi connectivity index (χ0) is 21.0. The molecule has 3 aromatic rings. The van der Waals surface area contributed by atoms with Crippen molar-refractivity contribution in [1.82, 2.24) is 9.97 Å². The van der Waals surface area contributed by atoms with Crippen LogP contribution in [0.15, 0.2) is 55.0 Å². The van der Waals surface area contributed by atoms with E-state index in [9.17, 15) is 18.0 Å². The maximum Gasteiger partial charge on any atom is 0.422 e. The van der Waals surface area contributed by atoms with Crippen LogP contribution in [0.25, 0.3) is 11.1 Å². The Bertz CT molecular complexity index is 1000. The van der Waals surface area contributed by atoms with Crippen LogP contribution >= 0.6 is 0 Å². The van der Waals surface area contributed by atoms with Crippen molar-refractivity contribution < 1.29 is 22.7 Å². The van der Waals surface area contributed by atoms with Gasteiger partial charge in [-0.1, -0.05) is 29.3 Å². The van der Waals surface area contributed by atoms with Crippen molar-refractivity contribution >= 4 is 11.6 Å². The molecule has 2 aromatic heterocycles. The Balaban J connectivity index is 1.97. The largest absolute Gasteiger partial charge is 0.468 e. The van der Waals surface area contributed by atoms with E-state index in [1.54, 1.807) is 24.4 Å². The van der Waals surface area contributed by atoms with E-state index < -0.39 is 18.7 Å². The van der Waals surface area contributed by atoms with Gasteiger partial charge in [-0.3, -0.25) is 9.78 Å². The number of aromatic nitrogens is 2. The third-order valence-electron chi connectivity index (χ3n) is 3.94. The summed E-state index contributed by atoms with van der Waals surface area (Å²) in [4.78, 5) is 20.3. The molecule has 150 valence electrons. The molecule has 0 aliphatic rings. The molecule has 0 fully saturated rings. The van der Waals surface area contributed by atoms with Gasteiger partial charge in [0.05, 0.1) is 17.4 Å². The molecule has 0 saturated carbocycles. The highest BCUT2D eigenvalue weighted by molar-refractivity contribution is 6.04. The number of pyridine rings is 2. The molecule has 8 heteroatoms. The Kier molecular flexibility index (Phi) is 5.81. The Morgan fingerprint density at radius 1 is 1.10 bits per heavy atom. The van der Waals surface area contributed by atoms with E-state index in [0.29, 0.717) is 22.4 Å². The number of aryl methyl sites for hydroxylation is 2. The third kappa shape index (κ3) is 5.54. The number of benzene rings is 1. The van der Waals surface area contributed by atoms with Crippen LogP contribution in [0.4, 0.5) is 18.9 Å². The van der Waals surface area contributed by atoms with E-state index in [2.05, 4.69) is 15.3 Å². The highest BCUT2D eigenvalue weighted by Crippen LogP contribution is 2.33. The fourth-order valence-electron chi connectivity index (χ4n) is 2.82. The second kappa shape index (κ2) is 8.30. The number of nitrogens with zero attached hydrogens (tertiary/aromatic N) is 2. The smallest absolute Gasteiger partial charge is 0.422 e. The summed E-state index contributed by atoms with van der Waals surface area (Å²) in [6, 6.07) is 10.3. The number of hydrogen-bond acceptors (Lipinski definition) is 4. The Hall–Kier alpha value is -3.42. The lowest BCUT2D eigenvalue weighted by Crippen LogP contribution is -2.20. The summed E-state index contributed by atoms with van der Waals surface area (Å²) in [5.41, 5.74) is 3.54. The predicted octanol–water partition coefficient (Wildman–Crippen LogP) is 4.95. The standard InChI is InChI=1S/C21H18F3N3O2/c1-13-6-14(2)8-16(7-13)18-9-17(11-26-20(18)29-12-21(22,23)24)27-19(28)15-4-3-5-25-10-15/h3-11H,12H2,1-2H3,(H,27,28). The van der Waals surface area contributed by atoms with Gasteiger partial charge in [-0.25, -0.2) is 4.98 Å². The van der Waals surface area contributed by atoms with Gasteiger partial charge >= 0.3 is 6.18 Å². The number of hydrogen-bond donors (Lipinski definition) is 1. The van der Waals surface area contributed by atoms with E-state index in [1.807, 2.05) is 32.0 Å². The average molecular weight is 401 g/mol. The van der Waals surface area contributed by atoms with Crippen LogP contribution in [0.2, 0.25) is 0 Å². The maximum absolute atomic E-state index is 12.6. The van der Waals surface area contributed by atoms with Gasteiger partial charge in [0, 0.05) is 18.0 Å². The number of nitrogens with one attached hydrogen (secondary N) is 1. The first-order valence-corrected chi connectivity index (χ1v) is 8.71. The Morgan fingerprint density at radius 2 is 1.83 bits per heavy atom. The van der Waals surface area contributed by atoms with E-state index in [4.69, 9.17) is 4.74 Å². The van der Waals surface area contributed by atoms with Crippen molar-refractivity contribution in [3.8, 4) is 17.0 Å². The summed E-state index contributed by atoms with van der Waals surface area (Å²) in [5.74, 6) is -0.568. The van der Waals surface area contributed by atoms with Gasteiger partial charge in [0.15, 0.2) is 6.61 Å². The molecule has 0 saturated heterocycles. The monoisotopic (exact) mass is 401 g/mol. The van der Waals surface area contributed by atoms with Crippen molar-refractivity contribution in [3.63, 3.8) is 0 Å². The van der Waals surface area contributed by atoms with Crippen molar-refractivity contribution in [1.29, 1.82) is 0 Å². The fraction of sp³-hybridized carbons (Fsp3) is 0.190. The van der Waals surface area contributed by atoms with Crippen LogP contribution in [0.1, 0.15) is 21.5 Å². The van der Waals surface area contributed by atoms with E-state index >= 15 is 0 Å². The van der Waals surface area contributed by atoms with Gasteiger partial charge < -0.3 is 10.1 Å². The minimum absolute atomic E-state index is 0.160. The zero-order valence-corrected chi connectivity index (χ0v) is 15.7. The first-order valence-electron chi connectivity index (χ1n) is 8.71. The SMILES string of the molecule is Cc1cc(C)cc(-c2cc(NC(=O)c3cccnc3)cnc2OCC(F)(F)F)c1. The molecule has 0 radical (unpaired) electrons. The van der Waals surface area contributed by atoms with Crippen LogP contribution in [-0.2, 0) is 0 Å². The van der Waals surface area contributed by atoms with Gasteiger partial charge in [0.1, 0.15) is 0 Å². The number of amides is 1. The maximum atomic E-state index is 12.6. The molecule has 3 rings (SSSR count). The highest BCUT2D eigenvalue weighted by atomic mass is 19.4. The number of carbonyl (C=O) groups is 1. The quantitative estimate of drug-likeness (QED) is 0.657. The van der Waals surface area contributed by atoms with Gasteiger partial charge in [-0.15, -0.1) is 0 Å². The molecule has 1 aromatic carbocycles. The number of ether oxygens (including phenoxy) is 1. The van der Waals surface area contributed by atoms with Crippen molar-refractivity contribution in [3.05, 3.63) is 71.7 Å². The first-order chi connectivity index (χ1) is 13.7. The van der Waals surface area contributed by atoms with E-state index in [-0.39, 0.29) is 5.88 Å². The van der Waals surface area contributed by atoms with Gasteiger partial charge in [0.25, 0.3) is 5.91 Å². The average Bonchev–Trinajstić information content (AvgIpc) is 2.66. The molecular formula is C21H18F3N3O2. The summed E-state index contributed by atoms with van der Waals surface area (Å²) < 4.78 is 42.8. The number of carbonyl (C=O) groups excluding carboxylic acids is 1. The third-order valence-corrected chi connectivity index (χ3v) is 3.94. The minimum atomic E-state index is -4.49. The predicted molar refractivity (Wildman–Crippen MR) is 103 cm³/mol. The first kappa shape index (κ1) is 20.3. The van der Waals surface area contributed by atoms with Crippen molar-refractivity contribution in [2.75, 3.05) is 11.9 Å². The van der Waals surface area contributed by atoms with Crippen LogP contribution < -0.4 is 10.1 Å². The Labute approximate surface area is 165 Å². The summed E-state index contributed by atoms with van der Waals surface area (Å²) in [6.45, 7) is 2.31. The van der Waals surface area contributed by atoms with Gasteiger partial charge in [-0.05, 0) is 37.6 Å². The second-order valence-corrected chi connectivity index (χ2v) is 6.55. The molecule has 5 nitrogen and oxygen atoms in total. The zero-order valence-electron chi connectivity index (χ0n) is 15.7. The summed E-state index contributed by atoms with van der Waals surface area (Å²) >= 11 is 0. The number of halogens is 3. The molecule has 2 heterocycles. The van der Waals surface area contributed by atoms with Crippen LogP contribution in [0.3, 0.4) is 0 Å². The van der Waals surface area contributed by atoms with Crippen LogP contribution in [0, 0.1) is 13.8 Å². The molecule has 29 heavy (non-hydrogen) atoms. The summed E-state index contributed by atoms with van der Waals surface area (Å²) in [5, 5.41) is 2.68. The molecule has 0 bridgehead atoms. The molecule has 1 amide bonds. The van der Waals surface area contributed by atoms with Crippen molar-refractivity contribution in [2.45, 2.75) is 20.0 Å². The number of alkyl halides is 3. The molecule has 0 unspecified atom stereocenters. The van der Waals surface area contributed by atoms with Gasteiger partial charge in [0.2, 0.25) is 5.88 Å². The number of rotatable bonds is 5. The number of anilines is 1. The molecule has 1 N–H and O–H groups in total. The lowest BCUT2D eigenvalue weighted by molar-refractivity contribution is -0.154. The topological polar surface area (TPSA) is 64.1 Å². The van der Waals surface area contributed by atoms with Gasteiger partial charge in [-0.2, -0.15) is 13.2 Å². The lowest BCUT2D eigenvalue weighted by atomic mass is 10.0. The van der Waals surface area contributed by atoms with Crippen LogP contribution in [0.5, 0.6) is 5.88 Å². The lowest BCUT2D eigenvalue weighted by Gasteiger charge is -2.15. The molecule has 0 atom stereocenters. The fourth-order valence-corrected chi connectivity index (χ4v) is 2.82. The summed E-state index contributed by atoms with van der Waals surface area (Å²) in [6.07, 6.45) is -0.279. The minimum Gasteiger partial charge on any atom is -0.468 e. The second-order valence-electron chi connectivity index (χ2n) is 6.55. The molecule has 0 aliphatic heterocycles. The van der Waals surface area contributed by atoms with Crippen molar-refractivity contribution in [2.24, 2.45) is 0 Å². The molecular weight excluding hydrogens is 383 g/mol. The highest BCUT2D eigenvalue weighted by Gasteiger charge is 2.29.